The van der Waals surface area contributed by atoms with Crippen LogP contribution in [-0.4, -0.2) is 15.2 Å². The van der Waals surface area contributed by atoms with E-state index in [2.05, 4.69) is 31.1 Å². The van der Waals surface area contributed by atoms with Gasteiger partial charge in [-0.3, -0.25) is 4.98 Å². The number of aromatic nitrogens is 3. The van der Waals surface area contributed by atoms with Crippen LogP contribution < -0.4 is 0 Å². The molecular weight excluding hydrogens is 272 g/mol. The molecule has 0 atom stereocenters. The first-order valence-corrected chi connectivity index (χ1v) is 4.69. The standard InChI is InChI=1S/C8H4BrF2N3O/c9-5-3-12-2-1-4(5)7-13-14-8(15-7)6(10)11/h1-3,6H. The predicted molar refractivity (Wildman–Crippen MR) is 50.2 cm³/mol. The fraction of sp³-hybridized carbons (Fsp3) is 0.125. The van der Waals surface area contributed by atoms with Gasteiger partial charge in [-0.15, -0.1) is 10.2 Å². The van der Waals surface area contributed by atoms with Crippen molar-refractivity contribution in [1.82, 2.24) is 15.2 Å². The summed E-state index contributed by atoms with van der Waals surface area (Å²) in [5.74, 6) is -0.645. The SMILES string of the molecule is FC(F)c1nnc(-c2ccncc2Br)o1. The Bertz CT molecular complexity index is 474. The van der Waals surface area contributed by atoms with E-state index < -0.39 is 12.3 Å². The average Bonchev–Trinajstić information content (AvgIpc) is 2.67. The third-order valence-electron chi connectivity index (χ3n) is 1.63. The van der Waals surface area contributed by atoms with E-state index in [1.807, 2.05) is 0 Å². The molecule has 15 heavy (non-hydrogen) atoms. The minimum absolute atomic E-state index is 0.0413. The lowest BCUT2D eigenvalue weighted by Crippen LogP contribution is -1.81. The molecule has 2 aromatic heterocycles. The molecule has 4 nitrogen and oxygen atoms in total. The van der Waals surface area contributed by atoms with Crippen LogP contribution in [0, 0.1) is 0 Å². The van der Waals surface area contributed by atoms with Crippen LogP contribution in [0.1, 0.15) is 12.3 Å². The summed E-state index contributed by atoms with van der Waals surface area (Å²) in [6.45, 7) is 0. The summed E-state index contributed by atoms with van der Waals surface area (Å²) in [6.07, 6.45) is 0.264. The lowest BCUT2D eigenvalue weighted by atomic mass is 10.3. The molecule has 0 spiro atoms. The molecule has 7 heteroatoms. The van der Waals surface area contributed by atoms with Crippen LogP contribution in [0.3, 0.4) is 0 Å². The van der Waals surface area contributed by atoms with Crippen LogP contribution in [0.2, 0.25) is 0 Å². The molecule has 0 aliphatic carbocycles. The van der Waals surface area contributed by atoms with Crippen LogP contribution in [0.15, 0.2) is 27.3 Å². The molecule has 0 fully saturated rings. The number of hydrogen-bond donors (Lipinski definition) is 0. The zero-order valence-electron chi connectivity index (χ0n) is 7.19. The Morgan fingerprint density at radius 1 is 1.33 bits per heavy atom. The second-order valence-corrected chi connectivity index (χ2v) is 3.46. The lowest BCUT2D eigenvalue weighted by molar-refractivity contribution is 0.116. The molecule has 0 N–H and O–H groups in total. The molecule has 2 heterocycles. The topological polar surface area (TPSA) is 51.8 Å². The van der Waals surface area contributed by atoms with Gasteiger partial charge in [0.25, 0.3) is 5.89 Å². The van der Waals surface area contributed by atoms with Crippen molar-refractivity contribution >= 4 is 15.9 Å². The monoisotopic (exact) mass is 275 g/mol. The van der Waals surface area contributed by atoms with Crippen molar-refractivity contribution in [1.29, 1.82) is 0 Å². The Morgan fingerprint density at radius 3 is 2.73 bits per heavy atom. The molecule has 0 radical (unpaired) electrons. The third kappa shape index (κ3) is 2.01. The zero-order chi connectivity index (χ0) is 10.8. The van der Waals surface area contributed by atoms with Gasteiger partial charge < -0.3 is 4.42 Å². The van der Waals surface area contributed by atoms with Gasteiger partial charge in [0, 0.05) is 16.9 Å². The van der Waals surface area contributed by atoms with Crippen molar-refractivity contribution in [2.45, 2.75) is 6.43 Å². The Balaban J connectivity index is 2.42. The number of rotatable bonds is 2. The molecule has 0 amide bonds. The number of nitrogens with zero attached hydrogens (tertiary/aromatic N) is 3. The summed E-state index contributed by atoms with van der Waals surface area (Å²) in [4.78, 5) is 3.83. The zero-order valence-corrected chi connectivity index (χ0v) is 8.78. The molecule has 0 aliphatic rings. The maximum Gasteiger partial charge on any atom is 0.314 e. The maximum absolute atomic E-state index is 12.2. The highest BCUT2D eigenvalue weighted by Gasteiger charge is 2.17. The van der Waals surface area contributed by atoms with Crippen molar-refractivity contribution in [2.24, 2.45) is 0 Å². The van der Waals surface area contributed by atoms with Gasteiger partial charge in [0.05, 0.1) is 5.56 Å². The van der Waals surface area contributed by atoms with Gasteiger partial charge in [0.2, 0.25) is 5.89 Å². The Morgan fingerprint density at radius 2 is 2.13 bits per heavy atom. The largest absolute Gasteiger partial charge is 0.415 e. The molecule has 0 aromatic carbocycles. The molecule has 0 saturated heterocycles. The normalized spacial score (nSPS) is 10.9. The fourth-order valence-corrected chi connectivity index (χ4v) is 1.40. The quantitative estimate of drug-likeness (QED) is 0.846. The van der Waals surface area contributed by atoms with Crippen LogP contribution in [0.4, 0.5) is 8.78 Å². The van der Waals surface area contributed by atoms with E-state index in [1.165, 1.54) is 12.4 Å². The third-order valence-corrected chi connectivity index (χ3v) is 2.26. The number of alkyl halides is 2. The molecule has 2 rings (SSSR count). The Hall–Kier alpha value is -1.37. The van der Waals surface area contributed by atoms with Gasteiger partial charge in [-0.25, -0.2) is 0 Å². The number of pyridine rings is 1. The molecule has 0 bridgehead atoms. The van der Waals surface area contributed by atoms with Gasteiger partial charge in [0.1, 0.15) is 0 Å². The van der Waals surface area contributed by atoms with Gasteiger partial charge >= 0.3 is 6.43 Å². The van der Waals surface area contributed by atoms with Crippen LogP contribution in [0.5, 0.6) is 0 Å². The van der Waals surface area contributed by atoms with E-state index in [0.717, 1.165) is 0 Å². The first kappa shape index (κ1) is 10.2. The number of hydrogen-bond acceptors (Lipinski definition) is 4. The summed E-state index contributed by atoms with van der Waals surface area (Å²) in [5.41, 5.74) is 0.532. The van der Waals surface area contributed by atoms with E-state index in [4.69, 9.17) is 4.42 Å². The fourth-order valence-electron chi connectivity index (χ4n) is 0.980. The highest BCUT2D eigenvalue weighted by Crippen LogP contribution is 2.27. The summed E-state index contributed by atoms with van der Waals surface area (Å²) in [6, 6.07) is 1.59. The predicted octanol–water partition coefficient (Wildman–Crippen LogP) is 2.83. The molecule has 2 aromatic rings. The van der Waals surface area contributed by atoms with Crippen molar-refractivity contribution < 1.29 is 13.2 Å². The van der Waals surface area contributed by atoms with E-state index in [-0.39, 0.29) is 5.89 Å². The van der Waals surface area contributed by atoms with E-state index in [9.17, 15) is 8.78 Å². The van der Waals surface area contributed by atoms with E-state index >= 15 is 0 Å². The highest BCUT2D eigenvalue weighted by molar-refractivity contribution is 9.10. The van der Waals surface area contributed by atoms with E-state index in [1.54, 1.807) is 6.07 Å². The van der Waals surface area contributed by atoms with Gasteiger partial charge in [0.15, 0.2) is 0 Å². The average molecular weight is 276 g/mol. The second kappa shape index (κ2) is 4.01. The minimum Gasteiger partial charge on any atom is -0.415 e. The van der Waals surface area contributed by atoms with Crippen molar-refractivity contribution in [2.75, 3.05) is 0 Å². The van der Waals surface area contributed by atoms with Crippen LogP contribution in [0.25, 0.3) is 11.5 Å². The van der Waals surface area contributed by atoms with Crippen molar-refractivity contribution in [3.05, 3.63) is 28.8 Å². The Kier molecular flexibility index (Phi) is 2.72. The van der Waals surface area contributed by atoms with Gasteiger partial charge in [-0.1, -0.05) is 0 Å². The summed E-state index contributed by atoms with van der Waals surface area (Å²) in [5, 5.41) is 6.74. The minimum atomic E-state index is -2.76. The molecule has 0 saturated carbocycles. The van der Waals surface area contributed by atoms with Crippen LogP contribution >= 0.6 is 15.9 Å². The van der Waals surface area contributed by atoms with E-state index in [0.29, 0.717) is 10.0 Å². The summed E-state index contributed by atoms with van der Waals surface area (Å²) >= 11 is 3.20. The molecule has 0 unspecified atom stereocenters. The number of halogens is 3. The Labute approximate surface area is 91.5 Å². The smallest absolute Gasteiger partial charge is 0.314 e. The van der Waals surface area contributed by atoms with Crippen molar-refractivity contribution in [3.8, 4) is 11.5 Å². The second-order valence-electron chi connectivity index (χ2n) is 2.60. The molecule has 0 aliphatic heterocycles. The first-order valence-electron chi connectivity index (χ1n) is 3.90. The summed E-state index contributed by atoms with van der Waals surface area (Å²) < 4.78 is 29.7. The van der Waals surface area contributed by atoms with Gasteiger partial charge in [-0.2, -0.15) is 8.78 Å². The maximum atomic E-state index is 12.2. The first-order chi connectivity index (χ1) is 7.18. The lowest BCUT2D eigenvalue weighted by Gasteiger charge is -1.96. The van der Waals surface area contributed by atoms with Crippen molar-refractivity contribution in [3.63, 3.8) is 0 Å². The molecular formula is C8H4BrF2N3O. The van der Waals surface area contributed by atoms with Crippen LogP contribution in [-0.2, 0) is 0 Å². The highest BCUT2D eigenvalue weighted by atomic mass is 79.9. The molecule has 78 valence electrons. The van der Waals surface area contributed by atoms with Gasteiger partial charge in [-0.05, 0) is 22.0 Å². The summed E-state index contributed by atoms with van der Waals surface area (Å²) in [7, 11) is 0.